The average molecular weight is 289 g/mol. The van der Waals surface area contributed by atoms with Crippen molar-refractivity contribution < 1.29 is 9.53 Å². The summed E-state index contributed by atoms with van der Waals surface area (Å²) in [4.78, 5) is 14.4. The molecule has 3 heteroatoms. The highest BCUT2D eigenvalue weighted by Crippen LogP contribution is 2.24. The Morgan fingerprint density at radius 2 is 1.95 bits per heavy atom. The standard InChI is InChI=1S/C18H27NO2/c1-4-15-10-8-9-13-17(15)21-14(2)18(20)19(3)16-11-6-5-7-12-16/h8-10,13-14,16H,4-7,11-12H2,1-3H3. The molecule has 1 aromatic carbocycles. The van der Waals surface area contributed by atoms with Crippen LogP contribution in [0, 0.1) is 0 Å². The van der Waals surface area contributed by atoms with Crippen LogP contribution in [0.15, 0.2) is 24.3 Å². The number of nitrogens with zero attached hydrogens (tertiary/aromatic N) is 1. The number of aryl methyl sites for hydroxylation is 1. The van der Waals surface area contributed by atoms with Crippen molar-refractivity contribution in [3.05, 3.63) is 29.8 Å². The van der Waals surface area contributed by atoms with Crippen molar-refractivity contribution >= 4 is 5.91 Å². The molecule has 0 aromatic heterocycles. The molecule has 0 heterocycles. The van der Waals surface area contributed by atoms with E-state index in [0.29, 0.717) is 6.04 Å². The number of likely N-dealkylation sites (N-methyl/N-ethyl adjacent to an activating group) is 1. The fourth-order valence-electron chi connectivity index (χ4n) is 3.09. The molecule has 1 aromatic rings. The molecule has 0 aliphatic heterocycles. The third kappa shape index (κ3) is 3.99. The van der Waals surface area contributed by atoms with Crippen molar-refractivity contribution in [3.63, 3.8) is 0 Å². The molecule has 1 aliphatic rings. The fourth-order valence-corrected chi connectivity index (χ4v) is 3.09. The van der Waals surface area contributed by atoms with Crippen LogP contribution in [-0.2, 0) is 11.2 Å². The third-order valence-corrected chi connectivity index (χ3v) is 4.48. The zero-order valence-corrected chi connectivity index (χ0v) is 13.5. The highest BCUT2D eigenvalue weighted by Gasteiger charge is 2.26. The Morgan fingerprint density at radius 3 is 2.62 bits per heavy atom. The minimum Gasteiger partial charge on any atom is -0.481 e. The lowest BCUT2D eigenvalue weighted by molar-refractivity contribution is -0.139. The molecule has 1 saturated carbocycles. The monoisotopic (exact) mass is 289 g/mol. The lowest BCUT2D eigenvalue weighted by Gasteiger charge is -2.33. The summed E-state index contributed by atoms with van der Waals surface area (Å²) >= 11 is 0. The van der Waals surface area contributed by atoms with E-state index in [9.17, 15) is 4.79 Å². The minimum absolute atomic E-state index is 0.0906. The van der Waals surface area contributed by atoms with Crippen molar-refractivity contribution in [2.45, 2.75) is 64.5 Å². The highest BCUT2D eigenvalue weighted by atomic mass is 16.5. The second-order valence-electron chi connectivity index (χ2n) is 5.96. The third-order valence-electron chi connectivity index (χ3n) is 4.48. The molecular formula is C18H27NO2. The Labute approximate surface area is 128 Å². The molecule has 2 rings (SSSR count). The van der Waals surface area contributed by atoms with Crippen molar-refractivity contribution in [1.82, 2.24) is 4.90 Å². The van der Waals surface area contributed by atoms with E-state index < -0.39 is 6.10 Å². The van der Waals surface area contributed by atoms with E-state index in [1.165, 1.54) is 19.3 Å². The summed E-state index contributed by atoms with van der Waals surface area (Å²) in [5.74, 6) is 0.922. The van der Waals surface area contributed by atoms with Gasteiger partial charge in [0.15, 0.2) is 6.10 Å². The maximum absolute atomic E-state index is 12.5. The molecule has 116 valence electrons. The van der Waals surface area contributed by atoms with Crippen LogP contribution in [0.25, 0.3) is 0 Å². The van der Waals surface area contributed by atoms with E-state index in [0.717, 1.165) is 30.6 Å². The van der Waals surface area contributed by atoms with E-state index in [1.807, 2.05) is 37.1 Å². The van der Waals surface area contributed by atoms with Gasteiger partial charge in [-0.05, 0) is 37.8 Å². The zero-order valence-electron chi connectivity index (χ0n) is 13.5. The number of carbonyl (C=O) groups is 1. The summed E-state index contributed by atoms with van der Waals surface area (Å²) < 4.78 is 5.92. The van der Waals surface area contributed by atoms with Crippen LogP contribution in [0.5, 0.6) is 5.75 Å². The van der Waals surface area contributed by atoms with Gasteiger partial charge in [0.1, 0.15) is 5.75 Å². The van der Waals surface area contributed by atoms with Crippen LogP contribution < -0.4 is 4.74 Å². The first kappa shape index (κ1) is 15.9. The number of carbonyl (C=O) groups excluding carboxylic acids is 1. The molecule has 0 radical (unpaired) electrons. The zero-order chi connectivity index (χ0) is 15.2. The molecule has 0 saturated heterocycles. The van der Waals surface area contributed by atoms with E-state index in [1.54, 1.807) is 0 Å². The number of benzene rings is 1. The van der Waals surface area contributed by atoms with Crippen LogP contribution in [0.4, 0.5) is 0 Å². The van der Waals surface area contributed by atoms with Crippen LogP contribution in [0.1, 0.15) is 51.5 Å². The number of hydrogen-bond donors (Lipinski definition) is 0. The van der Waals surface area contributed by atoms with Crippen molar-refractivity contribution in [2.24, 2.45) is 0 Å². The maximum Gasteiger partial charge on any atom is 0.263 e. The SMILES string of the molecule is CCc1ccccc1OC(C)C(=O)N(C)C1CCCCC1. The maximum atomic E-state index is 12.5. The molecule has 0 bridgehead atoms. The summed E-state index contributed by atoms with van der Waals surface area (Å²) in [6, 6.07) is 8.35. The summed E-state index contributed by atoms with van der Waals surface area (Å²) in [6.07, 6.45) is 6.50. The number of para-hydroxylation sites is 1. The second-order valence-corrected chi connectivity index (χ2v) is 5.96. The second kappa shape index (κ2) is 7.48. The van der Waals surface area contributed by atoms with Gasteiger partial charge in [-0.25, -0.2) is 0 Å². The Hall–Kier alpha value is -1.51. The number of rotatable bonds is 5. The van der Waals surface area contributed by atoms with Gasteiger partial charge in [0.25, 0.3) is 5.91 Å². The first-order valence-corrected chi connectivity index (χ1v) is 8.14. The first-order chi connectivity index (χ1) is 10.1. The molecule has 1 unspecified atom stereocenters. The van der Waals surface area contributed by atoms with Crippen LogP contribution >= 0.6 is 0 Å². The number of amides is 1. The molecule has 0 N–H and O–H groups in total. The van der Waals surface area contributed by atoms with E-state index in [2.05, 4.69) is 13.0 Å². The summed E-state index contributed by atoms with van der Waals surface area (Å²) in [5.41, 5.74) is 1.15. The van der Waals surface area contributed by atoms with E-state index in [4.69, 9.17) is 4.74 Å². The normalized spacial score (nSPS) is 17.3. The largest absolute Gasteiger partial charge is 0.481 e. The minimum atomic E-state index is -0.426. The Balaban J connectivity index is 1.98. The summed E-state index contributed by atoms with van der Waals surface area (Å²) in [6.45, 7) is 3.96. The van der Waals surface area contributed by atoms with Gasteiger partial charge in [0.2, 0.25) is 0 Å². The lowest BCUT2D eigenvalue weighted by atomic mass is 9.94. The van der Waals surface area contributed by atoms with Crippen molar-refractivity contribution in [3.8, 4) is 5.75 Å². The van der Waals surface area contributed by atoms with Gasteiger partial charge in [-0.15, -0.1) is 0 Å². The molecule has 3 nitrogen and oxygen atoms in total. The van der Waals surface area contributed by atoms with Crippen LogP contribution in [0.3, 0.4) is 0 Å². The predicted molar refractivity (Wildman–Crippen MR) is 85.6 cm³/mol. The van der Waals surface area contributed by atoms with Gasteiger partial charge in [-0.2, -0.15) is 0 Å². The van der Waals surface area contributed by atoms with Crippen LogP contribution in [0.2, 0.25) is 0 Å². The van der Waals surface area contributed by atoms with Gasteiger partial charge in [0, 0.05) is 13.1 Å². The van der Waals surface area contributed by atoms with E-state index >= 15 is 0 Å². The smallest absolute Gasteiger partial charge is 0.263 e. The average Bonchev–Trinajstić information content (AvgIpc) is 2.54. The predicted octanol–water partition coefficient (Wildman–Crippen LogP) is 3.81. The number of ether oxygens (including phenoxy) is 1. The topological polar surface area (TPSA) is 29.5 Å². The molecular weight excluding hydrogens is 262 g/mol. The van der Waals surface area contributed by atoms with E-state index in [-0.39, 0.29) is 5.91 Å². The summed E-state index contributed by atoms with van der Waals surface area (Å²) in [7, 11) is 1.92. The molecule has 21 heavy (non-hydrogen) atoms. The molecule has 1 fully saturated rings. The molecule has 1 aliphatic carbocycles. The Bertz CT molecular complexity index is 466. The highest BCUT2D eigenvalue weighted by molar-refractivity contribution is 5.81. The molecule has 1 amide bonds. The fraction of sp³-hybridized carbons (Fsp3) is 0.611. The quantitative estimate of drug-likeness (QED) is 0.825. The lowest BCUT2D eigenvalue weighted by Crippen LogP contribution is -2.44. The first-order valence-electron chi connectivity index (χ1n) is 8.14. The Morgan fingerprint density at radius 1 is 1.29 bits per heavy atom. The van der Waals surface area contributed by atoms with Gasteiger partial charge in [-0.1, -0.05) is 44.4 Å². The Kier molecular flexibility index (Phi) is 5.66. The van der Waals surface area contributed by atoms with Crippen LogP contribution in [-0.4, -0.2) is 30.0 Å². The van der Waals surface area contributed by atoms with Crippen molar-refractivity contribution in [2.75, 3.05) is 7.05 Å². The van der Waals surface area contributed by atoms with Gasteiger partial charge in [0.05, 0.1) is 0 Å². The van der Waals surface area contributed by atoms with Gasteiger partial charge < -0.3 is 9.64 Å². The molecule has 1 atom stereocenters. The summed E-state index contributed by atoms with van der Waals surface area (Å²) in [5, 5.41) is 0. The van der Waals surface area contributed by atoms with Crippen molar-refractivity contribution in [1.29, 1.82) is 0 Å². The number of hydrogen-bond acceptors (Lipinski definition) is 2. The van der Waals surface area contributed by atoms with Gasteiger partial charge >= 0.3 is 0 Å². The van der Waals surface area contributed by atoms with Gasteiger partial charge in [-0.3, -0.25) is 4.79 Å². The molecule has 0 spiro atoms.